The minimum atomic E-state index is -3.19. The van der Waals surface area contributed by atoms with Crippen molar-refractivity contribution in [3.8, 4) is 22.9 Å². The van der Waals surface area contributed by atoms with Crippen LogP contribution in [0.2, 0.25) is 0 Å². The smallest absolute Gasteiger partial charge is 0.321 e. The number of alkyl halides is 2. The first-order valence-corrected chi connectivity index (χ1v) is 28.8. The van der Waals surface area contributed by atoms with Crippen LogP contribution in [0.5, 0.6) is 5.75 Å². The number of carbonyl (C=O) groups is 8. The third kappa shape index (κ3) is 19.0. The molecule has 7 N–H and O–H groups in total. The van der Waals surface area contributed by atoms with Crippen LogP contribution in [0.15, 0.2) is 97.2 Å². The number of fused-ring (bicyclic) bond motifs is 2. The largest absolute Gasteiger partial charge is 0.480 e. The second kappa shape index (κ2) is 30.4. The van der Waals surface area contributed by atoms with Gasteiger partial charge in [0.05, 0.1) is 63.1 Å². The first-order chi connectivity index (χ1) is 41.8. The fraction of sp³-hybridized carbons (Fsp3) is 0.443. The molecule has 0 radical (unpaired) electrons. The highest BCUT2D eigenvalue weighted by Crippen LogP contribution is 2.33. The molecule has 0 bridgehead atoms. The monoisotopic (exact) mass is 1200 g/mol. The number of likely N-dealkylation sites (tertiary alicyclic amines) is 1. The Morgan fingerprint density at radius 1 is 0.678 bits per heavy atom. The highest BCUT2D eigenvalue weighted by molar-refractivity contribution is 6.07. The SMILES string of the molecule is N#C[C@@H]1CC(F)(F)CN1C(=O)CNC(=O)c1ccnc2ccc(-c3ccc(OCNC(=O)N(CNC(=O)C4CCC(CNC(=O)CN5CCN(CC(=O)O)CCN(CC(=O)O)CCN(CC(=O)O)CC5)CC4)Cc4ccc5ccccc5c4)cc3)cc12. The Bertz CT molecular complexity index is 3290. The van der Waals surface area contributed by atoms with Gasteiger partial charge >= 0.3 is 23.9 Å². The molecule has 4 aromatic carbocycles. The third-order valence-electron chi connectivity index (χ3n) is 15.9. The van der Waals surface area contributed by atoms with Crippen molar-refractivity contribution < 1.29 is 67.2 Å². The predicted molar refractivity (Wildman–Crippen MR) is 314 cm³/mol. The topological polar surface area (TPSA) is 311 Å². The van der Waals surface area contributed by atoms with E-state index in [-0.39, 0.29) is 115 Å². The van der Waals surface area contributed by atoms with Crippen molar-refractivity contribution in [3.63, 3.8) is 0 Å². The van der Waals surface area contributed by atoms with Gasteiger partial charge in [-0.3, -0.25) is 58.1 Å². The predicted octanol–water partition coefficient (Wildman–Crippen LogP) is 3.56. The Hall–Kier alpha value is -8.90. The van der Waals surface area contributed by atoms with E-state index in [2.05, 4.69) is 26.3 Å². The highest BCUT2D eigenvalue weighted by atomic mass is 19.3. The van der Waals surface area contributed by atoms with E-state index < -0.39 is 67.2 Å². The third-order valence-corrected chi connectivity index (χ3v) is 15.9. The van der Waals surface area contributed by atoms with E-state index in [1.165, 1.54) is 17.2 Å². The quantitative estimate of drug-likeness (QED) is 0.0487. The number of nitrogens with one attached hydrogen (secondary N) is 4. The summed E-state index contributed by atoms with van der Waals surface area (Å²) in [5.41, 5.74) is 3.00. The summed E-state index contributed by atoms with van der Waals surface area (Å²) < 4.78 is 33.9. The van der Waals surface area contributed by atoms with Crippen LogP contribution < -0.4 is 26.0 Å². The van der Waals surface area contributed by atoms with Crippen molar-refractivity contribution in [2.75, 3.05) is 112 Å². The van der Waals surface area contributed by atoms with Gasteiger partial charge in [-0.2, -0.15) is 5.26 Å². The molecule has 1 saturated carbocycles. The minimum absolute atomic E-state index is 0.00820. The lowest BCUT2D eigenvalue weighted by Gasteiger charge is -2.33. The summed E-state index contributed by atoms with van der Waals surface area (Å²) in [7, 11) is 0. The number of nitriles is 1. The summed E-state index contributed by atoms with van der Waals surface area (Å²) in [6, 6.07) is 27.5. The van der Waals surface area contributed by atoms with E-state index in [1.54, 1.807) is 57.2 Å². The van der Waals surface area contributed by atoms with Gasteiger partial charge in [0, 0.05) is 89.4 Å². The van der Waals surface area contributed by atoms with Gasteiger partial charge in [0.2, 0.25) is 17.7 Å². The average molecular weight is 1200 g/mol. The van der Waals surface area contributed by atoms with E-state index in [4.69, 9.17) is 4.74 Å². The molecule has 2 saturated heterocycles. The molecule has 3 heterocycles. The number of carbonyl (C=O) groups excluding carboxylic acids is 5. The number of hydrogen-bond donors (Lipinski definition) is 7. The Balaban J connectivity index is 0.818. The molecule has 87 heavy (non-hydrogen) atoms. The number of rotatable bonds is 22. The highest BCUT2D eigenvalue weighted by Gasteiger charge is 2.47. The van der Waals surface area contributed by atoms with Crippen molar-refractivity contribution in [1.82, 2.24) is 55.7 Å². The summed E-state index contributed by atoms with van der Waals surface area (Å²) in [6.07, 6.45) is 3.13. The Morgan fingerprint density at radius 2 is 1.28 bits per heavy atom. The van der Waals surface area contributed by atoms with Crippen molar-refractivity contribution in [1.29, 1.82) is 5.26 Å². The van der Waals surface area contributed by atoms with Crippen LogP contribution in [0.25, 0.3) is 32.8 Å². The second-order valence-electron chi connectivity index (χ2n) is 22.2. The van der Waals surface area contributed by atoms with Gasteiger partial charge in [-0.05, 0) is 95.5 Å². The van der Waals surface area contributed by atoms with Crippen LogP contribution in [0.4, 0.5) is 13.6 Å². The van der Waals surface area contributed by atoms with Gasteiger partial charge in [0.1, 0.15) is 11.8 Å². The molecule has 0 spiro atoms. The number of halogens is 2. The van der Waals surface area contributed by atoms with Crippen LogP contribution in [0.1, 0.15) is 48.0 Å². The summed E-state index contributed by atoms with van der Waals surface area (Å²) in [4.78, 5) is 116. The van der Waals surface area contributed by atoms with Crippen molar-refractivity contribution >= 4 is 69.2 Å². The molecule has 3 fully saturated rings. The first-order valence-electron chi connectivity index (χ1n) is 28.8. The zero-order chi connectivity index (χ0) is 62.0. The Kier molecular flexibility index (Phi) is 22.4. The maximum absolute atomic E-state index is 14.0. The summed E-state index contributed by atoms with van der Waals surface area (Å²) in [6.45, 7) is 0.169. The number of carboxylic acid groups (broad SMARTS) is 3. The zero-order valence-electron chi connectivity index (χ0n) is 48.1. The van der Waals surface area contributed by atoms with E-state index in [0.29, 0.717) is 62.0 Å². The molecular weight excluding hydrogens is 1130 g/mol. The fourth-order valence-corrected chi connectivity index (χ4v) is 11.1. The number of urea groups is 1. The van der Waals surface area contributed by atoms with Gasteiger partial charge in [-0.1, -0.05) is 54.6 Å². The number of benzene rings is 4. The zero-order valence-corrected chi connectivity index (χ0v) is 48.1. The average Bonchev–Trinajstić information content (AvgIpc) is 2.12. The van der Waals surface area contributed by atoms with Crippen molar-refractivity contribution in [3.05, 3.63) is 108 Å². The molecule has 0 unspecified atom stereocenters. The number of pyridine rings is 1. The summed E-state index contributed by atoms with van der Waals surface area (Å²) >= 11 is 0. The number of carboxylic acids is 3. The molecule has 24 nitrogen and oxygen atoms in total. The molecule has 1 aromatic heterocycles. The first kappa shape index (κ1) is 64.1. The number of nitrogens with zero attached hydrogens (tertiary/aromatic N) is 8. The number of aromatic nitrogens is 1. The standard InChI is InChI=1S/C61H72F2N12O12/c62-61(63)29-48(30-64)75(38-61)54(77)32-67-59(85)50-17-18-65-52-16-13-47(28-51(50)52)44-11-14-49(15-12-44)87-40-69-60(86)74(33-42-7-8-43-3-1-2-4-46(43)27-42)39-68-58(84)45-9-5-41(6-10-45)31-66-53(76)34-70-19-21-71(35-55(78)79)23-25-73(37-57(82)83)26-24-72(22-20-70)36-56(80)81/h1-4,7-8,11-18,27-28,41,45,48H,5-6,9-10,19-26,29,31-40H2,(H,66,76)(H,67,85)(H,68,84)(H,69,86)(H,78,79)(H,80,81)(H,82,83)/t41?,45?,48-/m0/s1. The summed E-state index contributed by atoms with van der Waals surface area (Å²) in [5.74, 6) is -8.00. The molecule has 462 valence electrons. The number of hydrogen-bond acceptors (Lipinski definition) is 15. The van der Waals surface area contributed by atoms with E-state index in [0.717, 1.165) is 32.4 Å². The Morgan fingerprint density at radius 3 is 1.89 bits per heavy atom. The van der Waals surface area contributed by atoms with Crippen LogP contribution in [-0.4, -0.2) is 221 Å². The van der Waals surface area contributed by atoms with Crippen LogP contribution in [0.3, 0.4) is 0 Å². The van der Waals surface area contributed by atoms with E-state index in [1.807, 2.05) is 53.4 Å². The second-order valence-corrected chi connectivity index (χ2v) is 22.2. The Labute approximate surface area is 501 Å². The number of amides is 6. The van der Waals surface area contributed by atoms with Gasteiger partial charge in [0.25, 0.3) is 11.8 Å². The molecule has 6 amide bonds. The fourth-order valence-electron chi connectivity index (χ4n) is 11.1. The number of aliphatic carboxylic acids is 3. The lowest BCUT2D eigenvalue weighted by molar-refractivity contribution is -0.140. The molecule has 8 rings (SSSR count). The number of ether oxygens (including phenoxy) is 1. The maximum Gasteiger partial charge on any atom is 0.321 e. The molecule has 1 aliphatic carbocycles. The maximum atomic E-state index is 14.0. The molecule has 5 aromatic rings. The van der Waals surface area contributed by atoms with Gasteiger partial charge < -0.3 is 51.1 Å². The van der Waals surface area contributed by atoms with Crippen molar-refractivity contribution in [2.24, 2.45) is 11.8 Å². The van der Waals surface area contributed by atoms with Crippen LogP contribution >= 0.6 is 0 Å². The van der Waals surface area contributed by atoms with Gasteiger partial charge in [-0.15, -0.1) is 0 Å². The molecule has 3 aliphatic rings. The van der Waals surface area contributed by atoms with Crippen LogP contribution in [0, 0.1) is 23.2 Å². The van der Waals surface area contributed by atoms with E-state index >= 15 is 0 Å². The van der Waals surface area contributed by atoms with Gasteiger partial charge in [-0.25, -0.2) is 13.6 Å². The van der Waals surface area contributed by atoms with E-state index in [9.17, 15) is 67.7 Å². The minimum Gasteiger partial charge on any atom is -0.480 e. The van der Waals surface area contributed by atoms with Gasteiger partial charge in [0.15, 0.2) is 6.73 Å². The lowest BCUT2D eigenvalue weighted by atomic mass is 9.81. The normalized spacial score (nSPS) is 19.0. The molecule has 2 aliphatic heterocycles. The lowest BCUT2D eigenvalue weighted by Crippen LogP contribution is -2.50. The molecule has 26 heteroatoms. The summed E-state index contributed by atoms with van der Waals surface area (Å²) in [5, 5.41) is 51.7. The molecular formula is C61H72F2N12O12. The van der Waals surface area contributed by atoms with Crippen molar-refractivity contribution in [2.45, 2.75) is 50.6 Å². The van der Waals surface area contributed by atoms with Crippen LogP contribution in [-0.2, 0) is 35.3 Å². The molecule has 1 atom stereocenters.